The van der Waals surface area contributed by atoms with E-state index < -0.39 is 24.8 Å². The molecule has 40 heavy (non-hydrogen) atoms. The molecule has 4 heterocycles. The van der Waals surface area contributed by atoms with Crippen LogP contribution >= 0.6 is 11.6 Å². The number of fused-ring (bicyclic) bond motifs is 2. The first kappa shape index (κ1) is 28.2. The van der Waals surface area contributed by atoms with Crippen LogP contribution in [0.3, 0.4) is 0 Å². The van der Waals surface area contributed by atoms with Gasteiger partial charge in [0.1, 0.15) is 11.3 Å². The summed E-state index contributed by atoms with van der Waals surface area (Å²) in [5.41, 5.74) is 7.61. The zero-order chi connectivity index (χ0) is 28.6. The van der Waals surface area contributed by atoms with Gasteiger partial charge in [-0.1, -0.05) is 23.7 Å². The molecule has 4 aromatic rings. The number of alkyl halides is 2. The predicted octanol–water partition coefficient (Wildman–Crippen LogP) is 4.32. The summed E-state index contributed by atoms with van der Waals surface area (Å²) in [5.74, 6) is -3.34. The Morgan fingerprint density at radius 3 is 2.52 bits per heavy atom. The topological polar surface area (TPSA) is 97.4 Å². The van der Waals surface area contributed by atoms with Gasteiger partial charge in [0, 0.05) is 36.7 Å². The number of hydrogen-bond donors (Lipinski definition) is 2. The van der Waals surface area contributed by atoms with Crippen molar-refractivity contribution in [3.05, 3.63) is 35.1 Å². The van der Waals surface area contributed by atoms with Crippen molar-refractivity contribution in [1.29, 1.82) is 0 Å². The highest BCUT2D eigenvalue weighted by Crippen LogP contribution is 2.41. The molecule has 2 aliphatic rings. The van der Waals surface area contributed by atoms with E-state index in [0.717, 1.165) is 0 Å². The number of aromatic nitrogens is 4. The molecule has 0 aliphatic carbocycles. The van der Waals surface area contributed by atoms with Crippen molar-refractivity contribution in [3.63, 3.8) is 0 Å². The third-order valence-electron chi connectivity index (χ3n) is 7.22. The number of imidazole rings is 1. The van der Waals surface area contributed by atoms with Crippen LogP contribution in [0.15, 0.2) is 24.3 Å². The Morgan fingerprint density at radius 1 is 1.10 bits per heavy atom. The Kier molecular flexibility index (Phi) is 7.94. The van der Waals surface area contributed by atoms with Crippen molar-refractivity contribution < 1.29 is 17.9 Å². The summed E-state index contributed by atoms with van der Waals surface area (Å²) in [4.78, 5) is 16.5. The van der Waals surface area contributed by atoms with Crippen molar-refractivity contribution in [3.8, 4) is 17.1 Å². The summed E-state index contributed by atoms with van der Waals surface area (Å²) in [6, 6.07) is 6.55. The third-order valence-corrected chi connectivity index (χ3v) is 7.51. The lowest BCUT2D eigenvalue weighted by molar-refractivity contribution is 0.0156. The van der Waals surface area contributed by atoms with E-state index in [2.05, 4.69) is 32.2 Å². The molecule has 2 aromatic carbocycles. The molecule has 0 atom stereocenters. The van der Waals surface area contributed by atoms with Gasteiger partial charge in [-0.2, -0.15) is 9.97 Å². The van der Waals surface area contributed by atoms with Crippen molar-refractivity contribution in [2.75, 3.05) is 64.1 Å². The number of para-hydroxylation sites is 1. The summed E-state index contributed by atoms with van der Waals surface area (Å²) in [7, 11) is 5.22. The molecule has 0 bridgehead atoms. The van der Waals surface area contributed by atoms with Crippen molar-refractivity contribution in [1.82, 2.24) is 29.7 Å². The van der Waals surface area contributed by atoms with E-state index in [1.165, 1.54) is 44.0 Å². The van der Waals surface area contributed by atoms with Gasteiger partial charge < -0.3 is 30.2 Å². The highest BCUT2D eigenvalue weighted by atomic mass is 35.5. The molecular weight excluding hydrogens is 545 g/mol. The molecule has 9 nitrogen and oxygen atoms in total. The van der Waals surface area contributed by atoms with Crippen molar-refractivity contribution in [2.24, 2.45) is 7.05 Å². The largest absolute Gasteiger partial charge is 0.467 e. The molecular formula is C27H32ClF3N8O. The Morgan fingerprint density at radius 2 is 1.85 bits per heavy atom. The average Bonchev–Trinajstić information content (AvgIpc) is 3.46. The van der Waals surface area contributed by atoms with Crippen molar-refractivity contribution >= 4 is 45.3 Å². The van der Waals surface area contributed by atoms with Crippen LogP contribution in [0.5, 0.6) is 6.01 Å². The zero-order valence-electron chi connectivity index (χ0n) is 22.6. The lowest BCUT2D eigenvalue weighted by atomic mass is 10.0. The molecule has 13 heteroatoms. The molecule has 3 N–H and O–H groups in total. The number of benzene rings is 2. The second-order valence-electron chi connectivity index (χ2n) is 10.1. The number of ether oxygens (including phenoxy) is 1. The number of nitrogen functional groups attached to an aromatic ring is 1. The minimum atomic E-state index is -3.00. The number of halogens is 4. The lowest BCUT2D eigenvalue weighted by Gasteiger charge is -2.26. The van der Waals surface area contributed by atoms with Gasteiger partial charge in [-0.25, -0.2) is 18.2 Å². The number of nitrogens with one attached hydrogen (secondary N) is 1. The lowest BCUT2D eigenvalue weighted by Crippen LogP contribution is -2.39. The number of nitrogens with two attached hydrogens (primary N) is 1. The minimum absolute atomic E-state index is 0.0759. The molecule has 2 aromatic heterocycles. The number of nitrogens with zero attached hydrogens (tertiary/aromatic N) is 6. The number of methoxy groups -OCH3 is 1. The Bertz CT molecular complexity index is 1540. The van der Waals surface area contributed by atoms with Crippen molar-refractivity contribution in [2.45, 2.75) is 18.8 Å². The van der Waals surface area contributed by atoms with Crippen LogP contribution in [0, 0.1) is 5.82 Å². The first-order chi connectivity index (χ1) is 19.1. The smallest absolute Gasteiger partial charge is 0.318 e. The maximum absolute atomic E-state index is 16.1. The minimum Gasteiger partial charge on any atom is -0.467 e. The maximum Gasteiger partial charge on any atom is 0.318 e. The SMILES string of the molecule is CN1CCCC1.COc1nc(N2CCNCC(F)(F)C2)c2cc(Cl)c(-c3cccc4nc(N)n(C)c34)c(F)c2n1. The summed E-state index contributed by atoms with van der Waals surface area (Å²) in [6.45, 7) is 2.13. The molecule has 0 saturated carbocycles. The first-order valence-corrected chi connectivity index (χ1v) is 13.4. The number of anilines is 2. The fraction of sp³-hybridized carbons (Fsp3) is 0.444. The van der Waals surface area contributed by atoms with E-state index in [-0.39, 0.29) is 45.8 Å². The van der Waals surface area contributed by atoms with Gasteiger partial charge in [-0.3, -0.25) is 0 Å². The Hall–Kier alpha value is -3.35. The molecule has 214 valence electrons. The molecule has 2 aliphatic heterocycles. The number of rotatable bonds is 3. The van der Waals surface area contributed by atoms with Gasteiger partial charge in [-0.05, 0) is 45.1 Å². The van der Waals surface area contributed by atoms with Gasteiger partial charge in [-0.15, -0.1) is 0 Å². The van der Waals surface area contributed by atoms with Crippen LogP contribution in [-0.2, 0) is 7.05 Å². The Balaban J connectivity index is 0.000000477. The first-order valence-electron chi connectivity index (χ1n) is 13.1. The van der Waals surface area contributed by atoms with E-state index in [9.17, 15) is 8.78 Å². The van der Waals surface area contributed by atoms with Gasteiger partial charge in [0.25, 0.3) is 5.92 Å². The van der Waals surface area contributed by atoms with E-state index in [1.54, 1.807) is 29.8 Å². The number of likely N-dealkylation sites (tertiary alicyclic amines) is 1. The third kappa shape index (κ3) is 5.48. The second kappa shape index (κ2) is 11.3. The molecule has 0 spiro atoms. The molecule has 2 saturated heterocycles. The standard InChI is InChI=1S/C22H21ClF3N7O.C5H11N/c1-32-18-11(4-3-5-14(18)29-20(32)27)15-13(23)8-12-17(16(15)24)30-21(34-2)31-19(12)33-7-6-28-9-22(25,26)10-33;1-6-4-2-3-5-6/h3-5,8,28H,6-7,9-10H2,1-2H3,(H2,27,29);2-5H2,1H3. The normalized spacial score (nSPS) is 17.6. The van der Waals surface area contributed by atoms with Gasteiger partial charge in [0.05, 0.1) is 36.3 Å². The van der Waals surface area contributed by atoms with Crippen LogP contribution in [0.1, 0.15) is 12.8 Å². The molecule has 0 unspecified atom stereocenters. The van der Waals surface area contributed by atoms with Gasteiger partial charge >= 0.3 is 6.01 Å². The maximum atomic E-state index is 16.1. The monoisotopic (exact) mass is 576 g/mol. The number of aryl methyl sites for hydroxylation is 1. The fourth-order valence-corrected chi connectivity index (χ4v) is 5.48. The predicted molar refractivity (Wildman–Crippen MR) is 152 cm³/mol. The van der Waals surface area contributed by atoms with Crippen LogP contribution in [0.25, 0.3) is 33.1 Å². The van der Waals surface area contributed by atoms with E-state index >= 15 is 4.39 Å². The van der Waals surface area contributed by atoms with E-state index in [0.29, 0.717) is 23.1 Å². The van der Waals surface area contributed by atoms with E-state index in [4.69, 9.17) is 22.1 Å². The summed E-state index contributed by atoms with van der Waals surface area (Å²) < 4.78 is 51.6. The highest BCUT2D eigenvalue weighted by molar-refractivity contribution is 6.35. The molecule has 6 rings (SSSR count). The van der Waals surface area contributed by atoms with Crippen LogP contribution < -0.4 is 20.7 Å². The quantitative estimate of drug-likeness (QED) is 0.372. The van der Waals surface area contributed by atoms with Crippen LogP contribution in [-0.4, -0.2) is 83.8 Å². The summed E-state index contributed by atoms with van der Waals surface area (Å²) >= 11 is 6.61. The molecule has 2 fully saturated rings. The van der Waals surface area contributed by atoms with E-state index in [1.807, 2.05) is 0 Å². The molecule has 0 amide bonds. The Labute approximate surface area is 235 Å². The summed E-state index contributed by atoms with van der Waals surface area (Å²) in [6.07, 6.45) is 2.83. The van der Waals surface area contributed by atoms with Gasteiger partial charge in [0.2, 0.25) is 5.95 Å². The highest BCUT2D eigenvalue weighted by Gasteiger charge is 2.35. The summed E-state index contributed by atoms with van der Waals surface area (Å²) in [5, 5.41) is 2.99. The second-order valence-corrected chi connectivity index (χ2v) is 10.6. The average molecular weight is 577 g/mol. The zero-order valence-corrected chi connectivity index (χ0v) is 23.4. The molecule has 0 radical (unpaired) electrons. The van der Waals surface area contributed by atoms with Crippen LogP contribution in [0.2, 0.25) is 5.02 Å². The number of hydrogen-bond acceptors (Lipinski definition) is 8. The fourth-order valence-electron chi connectivity index (χ4n) is 5.18. The van der Waals surface area contributed by atoms with Gasteiger partial charge in [0.15, 0.2) is 5.82 Å². The van der Waals surface area contributed by atoms with Crippen LogP contribution in [0.4, 0.5) is 24.9 Å².